The number of ether oxygens (including phenoxy) is 1. The maximum absolute atomic E-state index is 10.5. The topological polar surface area (TPSA) is 46.5 Å². The van der Waals surface area contributed by atoms with Gasteiger partial charge in [-0.2, -0.15) is 0 Å². The number of aliphatic carboxylic acids is 1. The fraction of sp³-hybridized carbons (Fsp3) is 0.100. The molecule has 1 aromatic rings. The predicted molar refractivity (Wildman–Crippen MR) is 54.8 cm³/mol. The molecule has 1 aromatic carbocycles. The van der Waals surface area contributed by atoms with Crippen LogP contribution in [0.3, 0.4) is 0 Å². The van der Waals surface area contributed by atoms with Crippen LogP contribution in [0.1, 0.15) is 5.56 Å². The number of hydrogen-bond donors (Lipinski definition) is 1. The van der Waals surface area contributed by atoms with Gasteiger partial charge in [-0.3, -0.25) is 0 Å². The summed E-state index contributed by atoms with van der Waals surface area (Å²) < 4.78 is 4.68. The summed E-state index contributed by atoms with van der Waals surface area (Å²) in [5.41, 5.74) is 0.807. The molecular weight excluding hydrogens is 207 g/mol. The van der Waals surface area contributed by atoms with Crippen molar-refractivity contribution < 1.29 is 14.6 Å². The van der Waals surface area contributed by atoms with Crippen molar-refractivity contribution in [1.29, 1.82) is 0 Å². The van der Waals surface area contributed by atoms with Crippen LogP contribution in [0.2, 0.25) is 0 Å². The van der Waals surface area contributed by atoms with E-state index in [1.165, 1.54) is 13.2 Å². The number of carboxylic acids is 1. The molecule has 0 aliphatic rings. The van der Waals surface area contributed by atoms with Crippen LogP contribution in [0.4, 0.5) is 0 Å². The minimum Gasteiger partial charge on any atom is -0.490 e. The van der Waals surface area contributed by atoms with Gasteiger partial charge >= 0.3 is 5.97 Å². The SMILES string of the molecule is COC(=Cc1ccccc1)C(=O)O.[K]. The minimum atomic E-state index is -1.06. The van der Waals surface area contributed by atoms with Gasteiger partial charge in [0.25, 0.3) is 0 Å². The molecule has 0 spiro atoms. The average molecular weight is 217 g/mol. The molecule has 0 amide bonds. The van der Waals surface area contributed by atoms with E-state index in [9.17, 15) is 4.79 Å². The minimum absolute atomic E-state index is 0. The number of carbonyl (C=O) groups is 1. The van der Waals surface area contributed by atoms with Gasteiger partial charge in [0.15, 0.2) is 0 Å². The quantitative estimate of drug-likeness (QED) is 0.472. The third kappa shape index (κ3) is 4.39. The van der Waals surface area contributed by atoms with E-state index in [1.54, 1.807) is 0 Å². The second-order valence-corrected chi connectivity index (χ2v) is 2.43. The predicted octanol–water partition coefficient (Wildman–Crippen LogP) is 1.38. The summed E-state index contributed by atoms with van der Waals surface area (Å²) in [5, 5.41) is 8.64. The third-order valence-electron chi connectivity index (χ3n) is 1.53. The first-order chi connectivity index (χ1) is 6.24. The first kappa shape index (κ1) is 13.9. The normalized spacial score (nSPS) is 10.2. The van der Waals surface area contributed by atoms with E-state index < -0.39 is 5.97 Å². The Kier molecular flexibility index (Phi) is 7.13. The van der Waals surface area contributed by atoms with Crippen LogP contribution in [0.5, 0.6) is 0 Å². The fourth-order valence-electron chi connectivity index (χ4n) is 0.909. The van der Waals surface area contributed by atoms with Gasteiger partial charge in [0.1, 0.15) is 0 Å². The standard InChI is InChI=1S/C10H10O3.K/c1-13-9(10(11)12)7-8-5-3-2-4-6-8;/h2-7H,1H3,(H,11,12);. The van der Waals surface area contributed by atoms with Crippen molar-refractivity contribution in [2.75, 3.05) is 7.11 Å². The molecule has 0 heterocycles. The molecule has 0 atom stereocenters. The van der Waals surface area contributed by atoms with E-state index in [0.29, 0.717) is 0 Å². The monoisotopic (exact) mass is 217 g/mol. The van der Waals surface area contributed by atoms with Crippen LogP contribution in [-0.2, 0) is 9.53 Å². The molecule has 3 nitrogen and oxygen atoms in total. The molecule has 0 saturated heterocycles. The van der Waals surface area contributed by atoms with Crippen molar-refractivity contribution in [2.45, 2.75) is 0 Å². The zero-order chi connectivity index (χ0) is 9.68. The molecule has 1 radical (unpaired) electrons. The van der Waals surface area contributed by atoms with Gasteiger partial charge in [-0.05, 0) is 11.6 Å². The second-order valence-electron chi connectivity index (χ2n) is 2.43. The van der Waals surface area contributed by atoms with Gasteiger partial charge in [0, 0.05) is 51.4 Å². The van der Waals surface area contributed by atoms with Crippen molar-refractivity contribution in [3.63, 3.8) is 0 Å². The Labute approximate surface area is 125 Å². The van der Waals surface area contributed by atoms with E-state index in [4.69, 9.17) is 5.11 Å². The van der Waals surface area contributed by atoms with E-state index in [1.807, 2.05) is 30.3 Å². The van der Waals surface area contributed by atoms with Crippen LogP contribution in [0, 0.1) is 0 Å². The van der Waals surface area contributed by atoms with E-state index in [0.717, 1.165) is 5.56 Å². The Morgan fingerprint density at radius 2 is 1.93 bits per heavy atom. The number of carboxylic acid groups (broad SMARTS) is 1. The fourth-order valence-corrected chi connectivity index (χ4v) is 0.909. The molecule has 0 aliphatic heterocycles. The summed E-state index contributed by atoms with van der Waals surface area (Å²) in [4.78, 5) is 10.5. The Hall–Kier alpha value is -0.134. The van der Waals surface area contributed by atoms with Gasteiger partial charge in [0.05, 0.1) is 7.11 Å². The Balaban J connectivity index is 0.00000169. The average Bonchev–Trinajstić information content (AvgIpc) is 2.15. The van der Waals surface area contributed by atoms with Gasteiger partial charge < -0.3 is 9.84 Å². The van der Waals surface area contributed by atoms with Crippen molar-refractivity contribution in [2.24, 2.45) is 0 Å². The summed E-state index contributed by atoms with van der Waals surface area (Å²) >= 11 is 0. The van der Waals surface area contributed by atoms with Crippen molar-refractivity contribution in [3.05, 3.63) is 41.7 Å². The second kappa shape index (κ2) is 7.20. The van der Waals surface area contributed by atoms with Gasteiger partial charge in [-0.15, -0.1) is 0 Å². The Bertz CT molecular complexity index is 319. The van der Waals surface area contributed by atoms with Crippen molar-refractivity contribution >= 4 is 63.4 Å². The number of methoxy groups -OCH3 is 1. The molecular formula is C10H10KO3. The summed E-state index contributed by atoms with van der Waals surface area (Å²) in [5.74, 6) is -1.13. The van der Waals surface area contributed by atoms with Crippen LogP contribution in [-0.4, -0.2) is 69.6 Å². The first-order valence-corrected chi connectivity index (χ1v) is 3.78. The smallest absolute Gasteiger partial charge is 0.371 e. The zero-order valence-corrected chi connectivity index (χ0v) is 11.4. The Morgan fingerprint density at radius 1 is 1.36 bits per heavy atom. The van der Waals surface area contributed by atoms with Crippen LogP contribution in [0.15, 0.2) is 36.1 Å². The molecule has 4 heteroatoms. The van der Waals surface area contributed by atoms with Gasteiger partial charge in [-0.25, -0.2) is 4.79 Å². The van der Waals surface area contributed by atoms with Crippen molar-refractivity contribution in [3.8, 4) is 0 Å². The number of benzene rings is 1. The molecule has 0 aromatic heterocycles. The maximum atomic E-state index is 10.5. The summed E-state index contributed by atoms with van der Waals surface area (Å²) in [7, 11) is 1.34. The van der Waals surface area contributed by atoms with E-state index in [2.05, 4.69) is 4.74 Å². The van der Waals surface area contributed by atoms with E-state index in [-0.39, 0.29) is 57.1 Å². The summed E-state index contributed by atoms with van der Waals surface area (Å²) in [6.07, 6.45) is 1.47. The molecule has 1 N–H and O–H groups in total. The molecule has 0 saturated carbocycles. The first-order valence-electron chi connectivity index (χ1n) is 3.78. The molecule has 0 bridgehead atoms. The van der Waals surface area contributed by atoms with Gasteiger partial charge in [0.2, 0.25) is 5.76 Å². The number of hydrogen-bond acceptors (Lipinski definition) is 2. The molecule has 0 unspecified atom stereocenters. The molecule has 14 heavy (non-hydrogen) atoms. The summed E-state index contributed by atoms with van der Waals surface area (Å²) in [6.45, 7) is 0. The van der Waals surface area contributed by atoms with Crippen LogP contribution in [0.25, 0.3) is 6.08 Å². The van der Waals surface area contributed by atoms with E-state index >= 15 is 0 Å². The van der Waals surface area contributed by atoms with Gasteiger partial charge in [-0.1, -0.05) is 30.3 Å². The molecule has 1 rings (SSSR count). The van der Waals surface area contributed by atoms with Crippen molar-refractivity contribution in [1.82, 2.24) is 0 Å². The molecule has 69 valence electrons. The van der Waals surface area contributed by atoms with Crippen LogP contribution >= 0.6 is 0 Å². The van der Waals surface area contributed by atoms with Crippen LogP contribution < -0.4 is 0 Å². The summed E-state index contributed by atoms with van der Waals surface area (Å²) in [6, 6.07) is 9.15. The third-order valence-corrected chi connectivity index (χ3v) is 1.53. The largest absolute Gasteiger partial charge is 0.490 e. The number of rotatable bonds is 3. The maximum Gasteiger partial charge on any atom is 0.371 e. The zero-order valence-electron chi connectivity index (χ0n) is 8.23. The molecule has 0 aliphatic carbocycles. The Morgan fingerprint density at radius 3 is 2.36 bits per heavy atom. The molecule has 0 fully saturated rings.